The summed E-state index contributed by atoms with van der Waals surface area (Å²) < 4.78 is 32.3. The van der Waals surface area contributed by atoms with Crippen molar-refractivity contribution in [3.05, 3.63) is 28.7 Å². The Bertz CT molecular complexity index is 771. The first kappa shape index (κ1) is 13.3. The molecule has 1 aromatic heterocycles. The fraction of sp³-hybridized carbons (Fsp3) is 0.417. The van der Waals surface area contributed by atoms with Crippen molar-refractivity contribution in [2.24, 2.45) is 0 Å². The van der Waals surface area contributed by atoms with Crippen LogP contribution in [0.1, 0.15) is 12.8 Å². The van der Waals surface area contributed by atoms with Crippen molar-refractivity contribution in [3.63, 3.8) is 0 Å². The molecule has 1 saturated heterocycles. The first-order valence-corrected chi connectivity index (χ1v) is 7.86. The van der Waals surface area contributed by atoms with E-state index in [0.717, 1.165) is 12.8 Å². The Labute approximate surface area is 115 Å². The average molecular weight is 297 g/mol. The van der Waals surface area contributed by atoms with E-state index < -0.39 is 10.0 Å². The molecule has 0 amide bonds. The van der Waals surface area contributed by atoms with Gasteiger partial charge in [0.1, 0.15) is 0 Å². The number of hydrogen-bond acceptors (Lipinski definition) is 4. The number of aromatic amines is 2. The minimum absolute atomic E-state index is 0.0550. The molecule has 20 heavy (non-hydrogen) atoms. The van der Waals surface area contributed by atoms with Crippen LogP contribution in [0.4, 0.5) is 0 Å². The Morgan fingerprint density at radius 1 is 1.30 bits per heavy atom. The molecule has 7 nitrogen and oxygen atoms in total. The lowest BCUT2D eigenvalue weighted by Gasteiger charge is -2.11. The number of hydrogen-bond donors (Lipinski definition) is 3. The molecule has 1 aromatic carbocycles. The van der Waals surface area contributed by atoms with Gasteiger partial charge in [0, 0.05) is 13.2 Å². The first-order valence-electron chi connectivity index (χ1n) is 6.38. The smallest absolute Gasteiger partial charge is 0.323 e. The lowest BCUT2D eigenvalue weighted by atomic mass is 10.2. The summed E-state index contributed by atoms with van der Waals surface area (Å²) in [4.78, 5) is 16.4. The summed E-state index contributed by atoms with van der Waals surface area (Å²) in [5.74, 6) is 0. The van der Waals surface area contributed by atoms with Crippen LogP contribution in [0.25, 0.3) is 11.0 Å². The monoisotopic (exact) mass is 297 g/mol. The van der Waals surface area contributed by atoms with Gasteiger partial charge < -0.3 is 14.7 Å². The van der Waals surface area contributed by atoms with E-state index in [2.05, 4.69) is 14.7 Å². The molecule has 3 rings (SSSR count). The molecule has 2 aromatic rings. The third kappa shape index (κ3) is 2.62. The van der Waals surface area contributed by atoms with E-state index >= 15 is 0 Å². The molecule has 1 fully saturated rings. The van der Waals surface area contributed by atoms with Crippen LogP contribution in [0.5, 0.6) is 0 Å². The van der Waals surface area contributed by atoms with Crippen LogP contribution in [-0.2, 0) is 14.8 Å². The van der Waals surface area contributed by atoms with Crippen molar-refractivity contribution < 1.29 is 13.2 Å². The largest absolute Gasteiger partial charge is 0.377 e. The predicted molar refractivity (Wildman–Crippen MR) is 73.1 cm³/mol. The van der Waals surface area contributed by atoms with Gasteiger partial charge in [-0.15, -0.1) is 0 Å². The van der Waals surface area contributed by atoms with E-state index in [0.29, 0.717) is 17.6 Å². The maximum Gasteiger partial charge on any atom is 0.323 e. The minimum atomic E-state index is -3.60. The molecular weight excluding hydrogens is 282 g/mol. The summed E-state index contributed by atoms with van der Waals surface area (Å²) in [5.41, 5.74) is 0.685. The zero-order valence-corrected chi connectivity index (χ0v) is 11.5. The molecule has 0 bridgehead atoms. The highest BCUT2D eigenvalue weighted by Crippen LogP contribution is 2.16. The van der Waals surface area contributed by atoms with Crippen molar-refractivity contribution in [2.45, 2.75) is 23.8 Å². The summed E-state index contributed by atoms with van der Waals surface area (Å²) in [6.07, 6.45) is 1.77. The number of ether oxygens (including phenoxy) is 1. The Kier molecular flexibility index (Phi) is 3.36. The van der Waals surface area contributed by atoms with Gasteiger partial charge in [-0.25, -0.2) is 17.9 Å². The van der Waals surface area contributed by atoms with Crippen molar-refractivity contribution in [3.8, 4) is 0 Å². The summed E-state index contributed by atoms with van der Waals surface area (Å²) in [6, 6.07) is 4.46. The topological polar surface area (TPSA) is 104 Å². The van der Waals surface area contributed by atoms with Crippen LogP contribution in [0.15, 0.2) is 27.9 Å². The molecule has 2 heterocycles. The molecule has 0 aliphatic carbocycles. The molecular formula is C12H15N3O4S. The molecule has 1 aliphatic rings. The highest BCUT2D eigenvalue weighted by Gasteiger charge is 2.20. The Morgan fingerprint density at radius 2 is 2.10 bits per heavy atom. The van der Waals surface area contributed by atoms with Crippen LogP contribution in [-0.4, -0.2) is 37.6 Å². The van der Waals surface area contributed by atoms with E-state index in [4.69, 9.17) is 4.74 Å². The van der Waals surface area contributed by atoms with Crippen molar-refractivity contribution in [2.75, 3.05) is 13.2 Å². The van der Waals surface area contributed by atoms with Gasteiger partial charge in [-0.05, 0) is 31.0 Å². The van der Waals surface area contributed by atoms with E-state index in [9.17, 15) is 13.2 Å². The van der Waals surface area contributed by atoms with Crippen LogP contribution >= 0.6 is 0 Å². The number of benzene rings is 1. The molecule has 0 saturated carbocycles. The van der Waals surface area contributed by atoms with Gasteiger partial charge in [0.2, 0.25) is 10.0 Å². The van der Waals surface area contributed by atoms with Crippen LogP contribution < -0.4 is 10.4 Å². The van der Waals surface area contributed by atoms with Gasteiger partial charge in [0.15, 0.2) is 0 Å². The molecule has 1 atom stereocenters. The van der Waals surface area contributed by atoms with Gasteiger partial charge in [0.05, 0.1) is 22.0 Å². The standard InChI is InChI=1S/C12H15N3O4S/c16-12-14-10-4-3-9(6-11(10)15-12)20(17,18)13-7-8-2-1-5-19-8/h3-4,6,8,13H,1-2,5,7H2,(H2,14,15,16)/t8-/m1/s1. The number of rotatable bonds is 4. The van der Waals surface area contributed by atoms with Crippen LogP contribution in [0.2, 0.25) is 0 Å². The fourth-order valence-corrected chi connectivity index (χ4v) is 3.36. The lowest BCUT2D eigenvalue weighted by molar-refractivity contribution is 0.114. The second-order valence-electron chi connectivity index (χ2n) is 4.77. The molecule has 1 aliphatic heterocycles. The Balaban J connectivity index is 1.82. The maximum atomic E-state index is 12.2. The van der Waals surface area contributed by atoms with Gasteiger partial charge in [-0.3, -0.25) is 0 Å². The number of H-pyrrole nitrogens is 2. The Morgan fingerprint density at radius 3 is 2.85 bits per heavy atom. The van der Waals surface area contributed by atoms with Crippen molar-refractivity contribution in [1.82, 2.24) is 14.7 Å². The predicted octanol–water partition coefficient (Wildman–Crippen LogP) is 0.313. The number of nitrogens with one attached hydrogen (secondary N) is 3. The minimum Gasteiger partial charge on any atom is -0.377 e. The van der Waals surface area contributed by atoms with E-state index in [1.165, 1.54) is 12.1 Å². The molecule has 0 unspecified atom stereocenters. The summed E-state index contributed by atoms with van der Waals surface area (Å²) >= 11 is 0. The first-order chi connectivity index (χ1) is 9.54. The zero-order chi connectivity index (χ0) is 14.2. The van der Waals surface area contributed by atoms with Gasteiger partial charge in [-0.2, -0.15) is 0 Å². The number of imidazole rings is 1. The van der Waals surface area contributed by atoms with E-state index in [1.807, 2.05) is 0 Å². The number of aromatic nitrogens is 2. The average Bonchev–Trinajstić information content (AvgIpc) is 3.03. The third-order valence-corrected chi connectivity index (χ3v) is 4.74. The molecule has 108 valence electrons. The molecule has 3 N–H and O–H groups in total. The van der Waals surface area contributed by atoms with Crippen LogP contribution in [0.3, 0.4) is 0 Å². The molecule has 0 spiro atoms. The quantitative estimate of drug-likeness (QED) is 0.755. The highest BCUT2D eigenvalue weighted by molar-refractivity contribution is 7.89. The maximum absolute atomic E-state index is 12.2. The van der Waals surface area contributed by atoms with Gasteiger partial charge >= 0.3 is 5.69 Å². The second kappa shape index (κ2) is 5.04. The normalized spacial score (nSPS) is 19.7. The fourth-order valence-electron chi connectivity index (χ4n) is 2.27. The van der Waals surface area contributed by atoms with E-state index in [1.54, 1.807) is 6.07 Å². The van der Waals surface area contributed by atoms with Crippen LogP contribution in [0, 0.1) is 0 Å². The van der Waals surface area contributed by atoms with Gasteiger partial charge in [-0.1, -0.05) is 0 Å². The highest BCUT2D eigenvalue weighted by atomic mass is 32.2. The van der Waals surface area contributed by atoms with Gasteiger partial charge in [0.25, 0.3) is 0 Å². The number of fused-ring (bicyclic) bond motifs is 1. The summed E-state index contributed by atoms with van der Waals surface area (Å²) in [5, 5.41) is 0. The molecule has 0 radical (unpaired) electrons. The van der Waals surface area contributed by atoms with Crippen molar-refractivity contribution >= 4 is 21.1 Å². The lowest BCUT2D eigenvalue weighted by Crippen LogP contribution is -2.31. The van der Waals surface area contributed by atoms with E-state index in [-0.39, 0.29) is 23.2 Å². The summed E-state index contributed by atoms with van der Waals surface area (Å²) in [7, 11) is -3.60. The third-order valence-electron chi connectivity index (χ3n) is 3.32. The number of sulfonamides is 1. The summed E-state index contributed by atoms with van der Waals surface area (Å²) in [6.45, 7) is 0.951. The molecule has 8 heteroatoms. The zero-order valence-electron chi connectivity index (χ0n) is 10.7. The SMILES string of the molecule is O=c1[nH]c2ccc(S(=O)(=O)NC[C@H]3CCCO3)cc2[nH]1. The Hall–Kier alpha value is -1.64. The second-order valence-corrected chi connectivity index (χ2v) is 6.54. The van der Waals surface area contributed by atoms with Crippen molar-refractivity contribution in [1.29, 1.82) is 0 Å².